The molecule has 0 spiro atoms. The molecule has 13 heavy (non-hydrogen) atoms. The Morgan fingerprint density at radius 1 is 1.31 bits per heavy atom. The number of hydrogen-bond donors (Lipinski definition) is 0. The number of hydrogen-bond acceptors (Lipinski definition) is 2. The Kier molecular flexibility index (Phi) is 3.26. The van der Waals surface area contributed by atoms with Gasteiger partial charge in [0.15, 0.2) is 0 Å². The fourth-order valence-corrected chi connectivity index (χ4v) is 1.04. The number of allylic oxidation sites excluding steroid dienone is 1. The van der Waals surface area contributed by atoms with E-state index in [0.29, 0.717) is 5.76 Å². The van der Waals surface area contributed by atoms with Crippen LogP contribution in [0.4, 0.5) is 0 Å². The quantitative estimate of drug-likeness (QED) is 0.511. The molecular formula is C11H12O2. The second kappa shape index (κ2) is 4.45. The van der Waals surface area contributed by atoms with Crippen molar-refractivity contribution in [1.82, 2.24) is 0 Å². The summed E-state index contributed by atoms with van der Waals surface area (Å²) in [7, 11) is 0. The van der Waals surface area contributed by atoms with Crippen LogP contribution in [0.2, 0.25) is 0 Å². The van der Waals surface area contributed by atoms with Crippen molar-refractivity contribution in [2.75, 3.05) is 0 Å². The Balaban J connectivity index is 2.86. The van der Waals surface area contributed by atoms with Crippen molar-refractivity contribution in [2.24, 2.45) is 0 Å². The van der Waals surface area contributed by atoms with E-state index in [1.54, 1.807) is 6.08 Å². The summed E-state index contributed by atoms with van der Waals surface area (Å²) in [6.07, 6.45) is 1.77. The first-order valence-corrected chi connectivity index (χ1v) is 4.14. The largest absolute Gasteiger partial charge is 0.426 e. The van der Waals surface area contributed by atoms with E-state index < -0.39 is 0 Å². The van der Waals surface area contributed by atoms with Gasteiger partial charge in [0, 0.05) is 12.5 Å². The Bertz CT molecular complexity index is 312. The molecule has 0 amide bonds. The SMILES string of the molecule is C/C=C(/OC(C)=O)c1ccccc1. The van der Waals surface area contributed by atoms with E-state index in [1.165, 1.54) is 6.92 Å². The van der Waals surface area contributed by atoms with Crippen LogP contribution >= 0.6 is 0 Å². The first kappa shape index (κ1) is 9.52. The molecule has 0 saturated heterocycles. The minimum absolute atomic E-state index is 0.294. The van der Waals surface area contributed by atoms with Crippen LogP contribution in [0.25, 0.3) is 5.76 Å². The van der Waals surface area contributed by atoms with Crippen molar-refractivity contribution in [3.8, 4) is 0 Å². The molecule has 0 heterocycles. The summed E-state index contributed by atoms with van der Waals surface area (Å²) in [5, 5.41) is 0. The molecule has 1 rings (SSSR count). The van der Waals surface area contributed by atoms with Gasteiger partial charge >= 0.3 is 5.97 Å². The van der Waals surface area contributed by atoms with Crippen molar-refractivity contribution < 1.29 is 9.53 Å². The summed E-state index contributed by atoms with van der Waals surface area (Å²) >= 11 is 0. The molecule has 2 heteroatoms. The summed E-state index contributed by atoms with van der Waals surface area (Å²) in [6.45, 7) is 3.23. The molecule has 0 aliphatic carbocycles. The Hall–Kier alpha value is -1.57. The predicted octanol–water partition coefficient (Wildman–Crippen LogP) is 2.61. The van der Waals surface area contributed by atoms with E-state index in [4.69, 9.17) is 4.74 Å². The molecule has 1 aromatic rings. The molecule has 0 N–H and O–H groups in total. The topological polar surface area (TPSA) is 26.3 Å². The number of ether oxygens (including phenoxy) is 1. The molecule has 68 valence electrons. The normalized spacial score (nSPS) is 11.1. The smallest absolute Gasteiger partial charge is 0.308 e. The van der Waals surface area contributed by atoms with Gasteiger partial charge in [0.1, 0.15) is 5.76 Å². The molecule has 0 radical (unpaired) electrons. The zero-order valence-corrected chi connectivity index (χ0v) is 7.78. The number of benzene rings is 1. The third-order valence-electron chi connectivity index (χ3n) is 1.57. The summed E-state index contributed by atoms with van der Waals surface area (Å²) in [5.74, 6) is 0.310. The lowest BCUT2D eigenvalue weighted by molar-refractivity contribution is -0.134. The van der Waals surface area contributed by atoms with Crippen molar-refractivity contribution in [3.05, 3.63) is 42.0 Å². The van der Waals surface area contributed by atoms with Crippen molar-refractivity contribution in [3.63, 3.8) is 0 Å². The van der Waals surface area contributed by atoms with Crippen LogP contribution in [-0.4, -0.2) is 5.97 Å². The minimum Gasteiger partial charge on any atom is -0.426 e. The molecule has 0 atom stereocenters. The Labute approximate surface area is 77.8 Å². The van der Waals surface area contributed by atoms with Crippen LogP contribution in [0.3, 0.4) is 0 Å². The lowest BCUT2D eigenvalue weighted by Gasteiger charge is -2.05. The molecule has 0 saturated carbocycles. The van der Waals surface area contributed by atoms with Gasteiger partial charge in [-0.2, -0.15) is 0 Å². The van der Waals surface area contributed by atoms with Gasteiger partial charge in [-0.25, -0.2) is 0 Å². The van der Waals surface area contributed by atoms with Crippen molar-refractivity contribution in [1.29, 1.82) is 0 Å². The molecule has 2 nitrogen and oxygen atoms in total. The third kappa shape index (κ3) is 2.75. The first-order chi connectivity index (χ1) is 6.24. The van der Waals surface area contributed by atoms with Gasteiger partial charge in [-0.1, -0.05) is 30.3 Å². The average Bonchev–Trinajstić information content (AvgIpc) is 2.15. The second-order valence-corrected chi connectivity index (χ2v) is 2.61. The van der Waals surface area contributed by atoms with Gasteiger partial charge in [0.05, 0.1) is 0 Å². The van der Waals surface area contributed by atoms with Gasteiger partial charge in [-0.3, -0.25) is 4.79 Å². The molecular weight excluding hydrogens is 164 g/mol. The fourth-order valence-electron chi connectivity index (χ4n) is 1.04. The first-order valence-electron chi connectivity index (χ1n) is 4.14. The molecule has 0 fully saturated rings. The van der Waals surface area contributed by atoms with E-state index in [0.717, 1.165) is 5.56 Å². The summed E-state index contributed by atoms with van der Waals surface area (Å²) in [6, 6.07) is 9.53. The minimum atomic E-state index is -0.294. The highest BCUT2D eigenvalue weighted by atomic mass is 16.5. The Morgan fingerprint density at radius 3 is 2.38 bits per heavy atom. The van der Waals surface area contributed by atoms with E-state index in [2.05, 4.69) is 0 Å². The highest BCUT2D eigenvalue weighted by molar-refractivity contribution is 5.75. The van der Waals surface area contributed by atoms with Crippen LogP contribution in [0.5, 0.6) is 0 Å². The molecule has 0 aliphatic rings. The summed E-state index contributed by atoms with van der Waals surface area (Å²) < 4.78 is 5.01. The number of carbonyl (C=O) groups is 1. The van der Waals surface area contributed by atoms with Crippen LogP contribution in [0.1, 0.15) is 19.4 Å². The Morgan fingerprint density at radius 2 is 1.92 bits per heavy atom. The lowest BCUT2D eigenvalue weighted by Crippen LogP contribution is -1.97. The van der Waals surface area contributed by atoms with Crippen LogP contribution in [0, 0.1) is 0 Å². The molecule has 0 aliphatic heterocycles. The number of carbonyl (C=O) groups excluding carboxylic acids is 1. The summed E-state index contributed by atoms with van der Waals surface area (Å²) in [4.78, 5) is 10.7. The van der Waals surface area contributed by atoms with Gasteiger partial charge in [-0.15, -0.1) is 0 Å². The fraction of sp³-hybridized carbons (Fsp3) is 0.182. The third-order valence-corrected chi connectivity index (χ3v) is 1.57. The molecule has 0 unspecified atom stereocenters. The maximum Gasteiger partial charge on any atom is 0.308 e. The van der Waals surface area contributed by atoms with E-state index in [9.17, 15) is 4.79 Å². The summed E-state index contributed by atoms with van der Waals surface area (Å²) in [5.41, 5.74) is 0.917. The maximum absolute atomic E-state index is 10.7. The van der Waals surface area contributed by atoms with E-state index in [-0.39, 0.29) is 5.97 Å². The highest BCUT2D eigenvalue weighted by Crippen LogP contribution is 2.14. The standard InChI is InChI=1S/C11H12O2/c1-3-11(13-9(2)12)10-7-5-4-6-8-10/h3-8H,1-2H3/b11-3+. The monoisotopic (exact) mass is 176 g/mol. The van der Waals surface area contributed by atoms with Crippen LogP contribution < -0.4 is 0 Å². The lowest BCUT2D eigenvalue weighted by atomic mass is 10.2. The van der Waals surface area contributed by atoms with Crippen molar-refractivity contribution >= 4 is 11.7 Å². The average molecular weight is 176 g/mol. The van der Waals surface area contributed by atoms with Gasteiger partial charge in [0.2, 0.25) is 0 Å². The molecule has 1 aromatic carbocycles. The van der Waals surface area contributed by atoms with E-state index >= 15 is 0 Å². The second-order valence-electron chi connectivity index (χ2n) is 2.61. The van der Waals surface area contributed by atoms with Gasteiger partial charge < -0.3 is 4.74 Å². The zero-order chi connectivity index (χ0) is 9.68. The molecule has 0 aromatic heterocycles. The van der Waals surface area contributed by atoms with Crippen LogP contribution in [-0.2, 0) is 9.53 Å². The van der Waals surface area contributed by atoms with Crippen molar-refractivity contribution in [2.45, 2.75) is 13.8 Å². The number of rotatable bonds is 2. The maximum atomic E-state index is 10.7. The number of esters is 1. The van der Waals surface area contributed by atoms with E-state index in [1.807, 2.05) is 37.3 Å². The van der Waals surface area contributed by atoms with Gasteiger partial charge in [0.25, 0.3) is 0 Å². The van der Waals surface area contributed by atoms with Gasteiger partial charge in [-0.05, 0) is 13.0 Å². The zero-order valence-electron chi connectivity index (χ0n) is 7.78. The highest BCUT2D eigenvalue weighted by Gasteiger charge is 2.02. The van der Waals surface area contributed by atoms with Crippen LogP contribution in [0.15, 0.2) is 36.4 Å². The molecule has 0 bridgehead atoms. The predicted molar refractivity (Wildman–Crippen MR) is 51.9 cm³/mol.